The number of aromatic nitrogens is 4. The van der Waals surface area contributed by atoms with Gasteiger partial charge in [-0.05, 0) is 0 Å². The molecule has 1 aromatic carbocycles. The first-order chi connectivity index (χ1) is 10.9. The number of amides is 1. The Labute approximate surface area is 127 Å². The Hall–Kier alpha value is -3.17. The summed E-state index contributed by atoms with van der Waals surface area (Å²) in [5, 5.41) is 6.46. The van der Waals surface area contributed by atoms with E-state index in [0.29, 0.717) is 16.6 Å². The van der Waals surface area contributed by atoms with Crippen LogP contribution in [0.2, 0.25) is 0 Å². The van der Waals surface area contributed by atoms with Gasteiger partial charge in [-0.1, -0.05) is 0 Å². The highest BCUT2D eigenvalue weighted by Crippen LogP contribution is 2.42. The number of alkyl halides is 2. The largest absolute Gasteiger partial charge is 0.586 e. The molecule has 118 valence electrons. The van der Waals surface area contributed by atoms with Gasteiger partial charge in [0.15, 0.2) is 11.5 Å². The average Bonchev–Trinajstić information content (AvgIpc) is 3.10. The standard InChI is InChI=1S/C13H9F2N5O3/c1-20-5-6(4-16-20)11(21)19-12-17-7-2-9-10(3-8(7)18-12)23-13(14,15)22-9/h2-5H,1H3,(H2,17,18,19,21). The third-order valence-electron chi connectivity index (χ3n) is 3.20. The number of nitrogens with zero attached hydrogens (tertiary/aromatic N) is 3. The van der Waals surface area contributed by atoms with Gasteiger partial charge in [0.25, 0.3) is 5.91 Å². The molecule has 2 aromatic heterocycles. The van der Waals surface area contributed by atoms with Crippen molar-refractivity contribution in [1.82, 2.24) is 19.7 Å². The second-order valence-electron chi connectivity index (χ2n) is 4.93. The van der Waals surface area contributed by atoms with Crippen LogP contribution in [0.1, 0.15) is 10.4 Å². The molecule has 1 aliphatic rings. The highest BCUT2D eigenvalue weighted by Gasteiger charge is 2.43. The minimum absolute atomic E-state index is 0.101. The maximum absolute atomic E-state index is 13.0. The summed E-state index contributed by atoms with van der Waals surface area (Å²) in [4.78, 5) is 18.9. The number of fused-ring (bicyclic) bond motifs is 2. The van der Waals surface area contributed by atoms with Gasteiger partial charge in [-0.25, -0.2) is 4.98 Å². The van der Waals surface area contributed by atoms with Crippen molar-refractivity contribution in [1.29, 1.82) is 0 Å². The number of carbonyl (C=O) groups excluding carboxylic acids is 1. The van der Waals surface area contributed by atoms with Crippen LogP contribution < -0.4 is 14.8 Å². The summed E-state index contributed by atoms with van der Waals surface area (Å²) in [5.41, 5.74) is 1.14. The lowest BCUT2D eigenvalue weighted by Gasteiger charge is -2.04. The van der Waals surface area contributed by atoms with Gasteiger partial charge >= 0.3 is 6.29 Å². The molecule has 0 fully saturated rings. The summed E-state index contributed by atoms with van der Waals surface area (Å²) in [7, 11) is 1.69. The number of hydrogen-bond donors (Lipinski definition) is 2. The number of hydrogen-bond acceptors (Lipinski definition) is 5. The molecule has 10 heteroatoms. The topological polar surface area (TPSA) is 94.1 Å². The number of aromatic amines is 1. The van der Waals surface area contributed by atoms with Crippen molar-refractivity contribution in [2.45, 2.75) is 6.29 Å². The van der Waals surface area contributed by atoms with Crippen molar-refractivity contribution in [3.05, 3.63) is 30.1 Å². The number of ether oxygens (including phenoxy) is 2. The molecule has 8 nitrogen and oxygen atoms in total. The maximum atomic E-state index is 13.0. The Morgan fingerprint density at radius 1 is 1.35 bits per heavy atom. The molecule has 0 atom stereocenters. The number of imidazole rings is 1. The molecule has 0 aliphatic carbocycles. The van der Waals surface area contributed by atoms with E-state index >= 15 is 0 Å². The van der Waals surface area contributed by atoms with Crippen LogP contribution in [-0.2, 0) is 7.05 Å². The predicted octanol–water partition coefficient (Wildman–Crippen LogP) is 1.87. The first kappa shape index (κ1) is 13.5. The highest BCUT2D eigenvalue weighted by atomic mass is 19.3. The van der Waals surface area contributed by atoms with Gasteiger partial charge in [0.05, 0.1) is 22.8 Å². The van der Waals surface area contributed by atoms with Gasteiger partial charge < -0.3 is 14.5 Å². The molecule has 3 heterocycles. The van der Waals surface area contributed by atoms with Crippen molar-refractivity contribution in [2.75, 3.05) is 5.32 Å². The first-order valence-corrected chi connectivity index (χ1v) is 6.49. The first-order valence-electron chi connectivity index (χ1n) is 6.49. The zero-order valence-electron chi connectivity index (χ0n) is 11.6. The number of H-pyrrole nitrogens is 1. The van der Waals surface area contributed by atoms with Crippen LogP contribution in [0.5, 0.6) is 11.5 Å². The second-order valence-corrected chi connectivity index (χ2v) is 4.93. The van der Waals surface area contributed by atoms with Crippen molar-refractivity contribution in [2.24, 2.45) is 7.05 Å². The smallest absolute Gasteiger partial charge is 0.395 e. The maximum Gasteiger partial charge on any atom is 0.586 e. The molecule has 0 unspecified atom stereocenters. The fraction of sp³-hybridized carbons (Fsp3) is 0.154. The molecule has 1 amide bonds. The molecular weight excluding hydrogens is 312 g/mol. The molecule has 0 saturated carbocycles. The third-order valence-corrected chi connectivity index (χ3v) is 3.20. The van der Waals surface area contributed by atoms with Crippen molar-refractivity contribution in [3.8, 4) is 11.5 Å². The zero-order chi connectivity index (χ0) is 16.2. The van der Waals surface area contributed by atoms with Crippen LogP contribution in [0.25, 0.3) is 11.0 Å². The Balaban J connectivity index is 1.62. The average molecular weight is 321 g/mol. The van der Waals surface area contributed by atoms with E-state index < -0.39 is 12.2 Å². The second kappa shape index (κ2) is 4.41. The summed E-state index contributed by atoms with van der Waals surface area (Å²) < 4.78 is 36.2. The lowest BCUT2D eigenvalue weighted by Crippen LogP contribution is -2.25. The van der Waals surface area contributed by atoms with Crippen LogP contribution in [0, 0.1) is 0 Å². The van der Waals surface area contributed by atoms with E-state index in [2.05, 4.69) is 29.9 Å². The Morgan fingerprint density at radius 2 is 2.09 bits per heavy atom. The SMILES string of the molecule is Cn1cc(C(=O)Nc2nc3cc4c(cc3[nH]2)OC(F)(F)O4)cn1. The summed E-state index contributed by atoms with van der Waals surface area (Å²) in [6.45, 7) is 0. The normalized spacial score (nSPS) is 15.1. The predicted molar refractivity (Wildman–Crippen MR) is 73.5 cm³/mol. The molecule has 3 aromatic rings. The van der Waals surface area contributed by atoms with E-state index in [4.69, 9.17) is 0 Å². The number of rotatable bonds is 2. The number of anilines is 1. The molecule has 4 rings (SSSR count). The minimum Gasteiger partial charge on any atom is -0.395 e. The molecule has 0 radical (unpaired) electrons. The van der Waals surface area contributed by atoms with Crippen LogP contribution in [0.4, 0.5) is 14.7 Å². The number of carbonyl (C=O) groups is 1. The molecule has 2 N–H and O–H groups in total. The van der Waals surface area contributed by atoms with E-state index in [9.17, 15) is 13.6 Å². The van der Waals surface area contributed by atoms with E-state index in [0.717, 1.165) is 0 Å². The van der Waals surface area contributed by atoms with Gasteiger partial charge in [-0.3, -0.25) is 14.8 Å². The highest BCUT2D eigenvalue weighted by molar-refractivity contribution is 6.03. The zero-order valence-corrected chi connectivity index (χ0v) is 11.6. The fourth-order valence-electron chi connectivity index (χ4n) is 2.23. The van der Waals surface area contributed by atoms with Gasteiger partial charge in [-0.2, -0.15) is 5.10 Å². The Kier molecular flexibility index (Phi) is 2.59. The van der Waals surface area contributed by atoms with E-state index in [1.807, 2.05) is 0 Å². The lowest BCUT2D eigenvalue weighted by atomic mass is 10.3. The quantitative estimate of drug-likeness (QED) is 0.751. The summed E-state index contributed by atoms with van der Waals surface area (Å²) in [6, 6.07) is 2.64. The van der Waals surface area contributed by atoms with Gasteiger partial charge in [0, 0.05) is 25.4 Å². The van der Waals surface area contributed by atoms with Crippen LogP contribution in [0.15, 0.2) is 24.5 Å². The summed E-state index contributed by atoms with van der Waals surface area (Å²) >= 11 is 0. The van der Waals surface area contributed by atoms with Gasteiger partial charge in [-0.15, -0.1) is 8.78 Å². The van der Waals surface area contributed by atoms with Gasteiger partial charge in [0.2, 0.25) is 5.95 Å². The molecule has 0 bridgehead atoms. The molecule has 0 saturated heterocycles. The van der Waals surface area contributed by atoms with Gasteiger partial charge in [0.1, 0.15) is 0 Å². The monoisotopic (exact) mass is 321 g/mol. The number of aryl methyl sites for hydroxylation is 1. The fourth-order valence-corrected chi connectivity index (χ4v) is 2.23. The molecule has 1 aliphatic heterocycles. The van der Waals surface area contributed by atoms with Crippen molar-refractivity contribution >= 4 is 22.9 Å². The summed E-state index contributed by atoms with van der Waals surface area (Å²) in [5.74, 6) is -0.441. The van der Waals surface area contributed by atoms with Crippen LogP contribution in [-0.4, -0.2) is 32.0 Å². The lowest BCUT2D eigenvalue weighted by molar-refractivity contribution is -0.286. The van der Waals surface area contributed by atoms with Crippen molar-refractivity contribution in [3.63, 3.8) is 0 Å². The molecule has 23 heavy (non-hydrogen) atoms. The third kappa shape index (κ3) is 2.33. The Morgan fingerprint density at radius 3 is 2.78 bits per heavy atom. The number of benzene rings is 1. The molecule has 0 spiro atoms. The molecular formula is C13H9F2N5O3. The number of halogens is 2. The van der Waals surface area contributed by atoms with E-state index in [-0.39, 0.29) is 17.4 Å². The van der Waals surface area contributed by atoms with E-state index in [1.54, 1.807) is 13.2 Å². The van der Waals surface area contributed by atoms with Crippen molar-refractivity contribution < 1.29 is 23.0 Å². The Bertz CT molecular complexity index is 888. The minimum atomic E-state index is -3.68. The van der Waals surface area contributed by atoms with E-state index in [1.165, 1.54) is 23.0 Å². The summed E-state index contributed by atoms with van der Waals surface area (Å²) in [6.07, 6.45) is -0.717. The number of nitrogens with one attached hydrogen (secondary N) is 2. The van der Waals surface area contributed by atoms with Crippen LogP contribution >= 0.6 is 0 Å². The van der Waals surface area contributed by atoms with Crippen LogP contribution in [0.3, 0.4) is 0 Å².